The predicted octanol–water partition coefficient (Wildman–Crippen LogP) is 3.99. The number of allylic oxidation sites excluding steroid dienone is 2. The van der Waals surface area contributed by atoms with Crippen LogP contribution in [-0.4, -0.2) is 18.8 Å². The molecule has 28 heavy (non-hydrogen) atoms. The molecular weight excluding hydrogens is 387 g/mol. The molecule has 1 heterocycles. The van der Waals surface area contributed by atoms with E-state index in [1.807, 2.05) is 0 Å². The first-order valence-corrected chi connectivity index (χ1v) is 7.96. The second-order valence-corrected chi connectivity index (χ2v) is 5.77. The molecule has 0 aliphatic carbocycles. The van der Waals surface area contributed by atoms with Crippen molar-refractivity contribution in [3.63, 3.8) is 0 Å². The van der Waals surface area contributed by atoms with Gasteiger partial charge in [-0.05, 0) is 19.4 Å². The molecule has 2 N–H and O–H groups in total. The van der Waals surface area contributed by atoms with Crippen molar-refractivity contribution in [2.24, 2.45) is 5.73 Å². The molecule has 0 fully saturated rings. The fourth-order valence-electron chi connectivity index (χ4n) is 2.85. The van der Waals surface area contributed by atoms with Gasteiger partial charge in [-0.25, -0.2) is 4.79 Å². The van der Waals surface area contributed by atoms with Gasteiger partial charge in [0.25, 0.3) is 0 Å². The van der Waals surface area contributed by atoms with Crippen LogP contribution < -0.4 is 5.73 Å². The van der Waals surface area contributed by atoms with E-state index in [0.717, 1.165) is 12.1 Å². The summed E-state index contributed by atoms with van der Waals surface area (Å²) >= 11 is 0. The third-order valence-electron chi connectivity index (χ3n) is 4.07. The number of nitriles is 1. The number of hydrogen-bond acceptors (Lipinski definition) is 5. The first kappa shape index (κ1) is 21.2. The standard InChI is InChI=1S/C18H15F5N2O3/c1-3-27-16(26)13-9(2)28-15(25)11(8-24)14(13)10-6-4-5-7-12(10)17(19,20)18(21,22)23/h4-7,14H,3,25H2,1-2H3. The Kier molecular flexibility index (Phi) is 5.68. The molecule has 0 spiro atoms. The number of ether oxygens (including phenoxy) is 2. The Morgan fingerprint density at radius 1 is 1.29 bits per heavy atom. The molecule has 0 amide bonds. The predicted molar refractivity (Wildman–Crippen MR) is 86.4 cm³/mol. The van der Waals surface area contributed by atoms with Crippen LogP contribution >= 0.6 is 0 Å². The molecular formula is C18H15F5N2O3. The fraction of sp³-hybridized carbons (Fsp3) is 0.333. The Labute approximate surface area is 156 Å². The molecule has 1 aromatic rings. The van der Waals surface area contributed by atoms with Crippen LogP contribution in [0.5, 0.6) is 0 Å². The molecule has 150 valence electrons. The van der Waals surface area contributed by atoms with Crippen LogP contribution in [0.3, 0.4) is 0 Å². The summed E-state index contributed by atoms with van der Waals surface area (Å²) in [6.45, 7) is 2.65. The van der Waals surface area contributed by atoms with Crippen molar-refractivity contribution in [2.75, 3.05) is 6.61 Å². The minimum absolute atomic E-state index is 0.0935. The normalized spacial score (nSPS) is 17.9. The average Bonchev–Trinajstić information content (AvgIpc) is 2.60. The SMILES string of the molecule is CCOC(=O)C1=C(C)OC(N)=C(C#N)C1c1ccccc1C(F)(F)C(F)(F)F. The van der Waals surface area contributed by atoms with E-state index in [1.165, 1.54) is 19.9 Å². The number of halogens is 5. The zero-order valence-corrected chi connectivity index (χ0v) is 14.7. The second-order valence-electron chi connectivity index (χ2n) is 5.77. The van der Waals surface area contributed by atoms with Gasteiger partial charge in [0.2, 0.25) is 5.88 Å². The van der Waals surface area contributed by atoms with Gasteiger partial charge in [0, 0.05) is 5.56 Å². The van der Waals surface area contributed by atoms with E-state index in [-0.39, 0.29) is 17.9 Å². The molecule has 1 aromatic carbocycles. The van der Waals surface area contributed by atoms with Gasteiger partial charge >= 0.3 is 18.1 Å². The number of rotatable bonds is 4. The maximum Gasteiger partial charge on any atom is 0.458 e. The summed E-state index contributed by atoms with van der Waals surface area (Å²) in [5.74, 6) is -8.52. The monoisotopic (exact) mass is 402 g/mol. The topological polar surface area (TPSA) is 85.3 Å². The largest absolute Gasteiger partial charge is 0.463 e. The first-order chi connectivity index (χ1) is 13.0. The number of hydrogen-bond donors (Lipinski definition) is 1. The molecule has 1 aliphatic heterocycles. The Morgan fingerprint density at radius 2 is 1.89 bits per heavy atom. The summed E-state index contributed by atoms with van der Waals surface area (Å²) < 4.78 is 77.3. The van der Waals surface area contributed by atoms with Crippen molar-refractivity contribution in [1.82, 2.24) is 0 Å². The summed E-state index contributed by atoms with van der Waals surface area (Å²) in [7, 11) is 0. The molecule has 0 saturated carbocycles. The van der Waals surface area contributed by atoms with Crippen LogP contribution in [0, 0.1) is 11.3 Å². The zero-order chi connectivity index (χ0) is 21.3. The molecule has 2 rings (SSSR count). The van der Waals surface area contributed by atoms with Crippen LogP contribution in [0.2, 0.25) is 0 Å². The fourth-order valence-corrected chi connectivity index (χ4v) is 2.85. The molecule has 0 saturated heterocycles. The molecule has 0 bridgehead atoms. The van der Waals surface area contributed by atoms with Crippen molar-refractivity contribution in [2.45, 2.75) is 31.9 Å². The third-order valence-corrected chi connectivity index (χ3v) is 4.07. The summed E-state index contributed by atoms with van der Waals surface area (Å²) in [6.07, 6.45) is -5.89. The van der Waals surface area contributed by atoms with Crippen molar-refractivity contribution in [1.29, 1.82) is 5.26 Å². The number of esters is 1. The minimum Gasteiger partial charge on any atom is -0.463 e. The summed E-state index contributed by atoms with van der Waals surface area (Å²) in [6, 6.07) is 5.40. The summed E-state index contributed by atoms with van der Waals surface area (Å²) in [5.41, 5.74) is 2.78. The Balaban J connectivity index is 2.81. The Morgan fingerprint density at radius 3 is 2.43 bits per heavy atom. The number of carbonyl (C=O) groups excluding carboxylic acids is 1. The van der Waals surface area contributed by atoms with E-state index >= 15 is 0 Å². The van der Waals surface area contributed by atoms with Gasteiger partial charge < -0.3 is 15.2 Å². The highest BCUT2D eigenvalue weighted by Crippen LogP contribution is 2.49. The lowest BCUT2D eigenvalue weighted by molar-refractivity contribution is -0.289. The highest BCUT2D eigenvalue weighted by Gasteiger charge is 2.60. The quantitative estimate of drug-likeness (QED) is 0.608. The van der Waals surface area contributed by atoms with Crippen molar-refractivity contribution in [3.05, 3.63) is 58.2 Å². The first-order valence-electron chi connectivity index (χ1n) is 7.96. The van der Waals surface area contributed by atoms with Gasteiger partial charge in [-0.3, -0.25) is 0 Å². The van der Waals surface area contributed by atoms with E-state index in [0.29, 0.717) is 6.07 Å². The lowest BCUT2D eigenvalue weighted by Crippen LogP contribution is -2.36. The van der Waals surface area contributed by atoms with Crippen LogP contribution in [-0.2, 0) is 20.2 Å². The van der Waals surface area contributed by atoms with E-state index in [2.05, 4.69) is 0 Å². The minimum atomic E-state index is -5.89. The number of nitrogens with two attached hydrogens (primary N) is 1. The van der Waals surface area contributed by atoms with E-state index in [1.54, 1.807) is 6.07 Å². The average molecular weight is 402 g/mol. The Bertz CT molecular complexity index is 897. The van der Waals surface area contributed by atoms with Gasteiger partial charge in [0.15, 0.2) is 0 Å². The van der Waals surface area contributed by atoms with Crippen LogP contribution in [0.15, 0.2) is 47.1 Å². The van der Waals surface area contributed by atoms with E-state index < -0.39 is 46.6 Å². The maximum absolute atomic E-state index is 14.2. The number of nitrogens with zero attached hydrogens (tertiary/aromatic N) is 1. The second kappa shape index (κ2) is 7.50. The van der Waals surface area contributed by atoms with Gasteiger partial charge in [0.05, 0.1) is 18.1 Å². The maximum atomic E-state index is 14.2. The van der Waals surface area contributed by atoms with Gasteiger partial charge in [0.1, 0.15) is 17.4 Å². The number of benzene rings is 1. The smallest absolute Gasteiger partial charge is 0.458 e. The lowest BCUT2D eigenvalue weighted by atomic mass is 9.79. The molecule has 0 radical (unpaired) electrons. The zero-order valence-electron chi connectivity index (χ0n) is 14.7. The van der Waals surface area contributed by atoms with Crippen LogP contribution in [0.25, 0.3) is 0 Å². The summed E-state index contributed by atoms with van der Waals surface area (Å²) in [5, 5.41) is 9.41. The third kappa shape index (κ3) is 3.52. The van der Waals surface area contributed by atoms with Gasteiger partial charge in [-0.1, -0.05) is 24.3 Å². The number of alkyl halides is 5. The van der Waals surface area contributed by atoms with Crippen molar-refractivity contribution in [3.8, 4) is 6.07 Å². The molecule has 10 heteroatoms. The van der Waals surface area contributed by atoms with Gasteiger partial charge in [-0.2, -0.15) is 27.2 Å². The highest BCUT2D eigenvalue weighted by molar-refractivity contribution is 5.92. The van der Waals surface area contributed by atoms with Crippen LogP contribution in [0.1, 0.15) is 30.9 Å². The molecule has 5 nitrogen and oxygen atoms in total. The molecule has 0 aromatic heterocycles. The Hall–Kier alpha value is -3.09. The lowest BCUT2D eigenvalue weighted by Gasteiger charge is -2.30. The summed E-state index contributed by atoms with van der Waals surface area (Å²) in [4.78, 5) is 12.4. The van der Waals surface area contributed by atoms with E-state index in [9.17, 15) is 32.0 Å². The molecule has 1 aliphatic rings. The van der Waals surface area contributed by atoms with E-state index in [4.69, 9.17) is 15.2 Å². The van der Waals surface area contributed by atoms with Crippen molar-refractivity contribution < 1.29 is 36.2 Å². The van der Waals surface area contributed by atoms with Gasteiger partial charge in [-0.15, -0.1) is 0 Å². The van der Waals surface area contributed by atoms with Crippen molar-refractivity contribution >= 4 is 5.97 Å². The highest BCUT2D eigenvalue weighted by atomic mass is 19.4. The van der Waals surface area contributed by atoms with Crippen LogP contribution in [0.4, 0.5) is 22.0 Å². The molecule has 1 unspecified atom stereocenters. The number of carbonyl (C=O) groups is 1. The molecule has 1 atom stereocenters.